The summed E-state index contributed by atoms with van der Waals surface area (Å²) in [6.07, 6.45) is 5.60. The van der Waals surface area contributed by atoms with Crippen LogP contribution in [-0.4, -0.2) is 29.8 Å². The predicted molar refractivity (Wildman–Crippen MR) is 69.6 cm³/mol. The molecule has 4 nitrogen and oxygen atoms in total. The van der Waals surface area contributed by atoms with Crippen LogP contribution in [0, 0.1) is 17.8 Å². The van der Waals surface area contributed by atoms with Crippen molar-refractivity contribution in [2.24, 2.45) is 23.5 Å². The van der Waals surface area contributed by atoms with E-state index in [1.165, 1.54) is 6.42 Å². The van der Waals surface area contributed by atoms with Gasteiger partial charge in [0, 0.05) is 24.9 Å². The van der Waals surface area contributed by atoms with Gasteiger partial charge in [-0.25, -0.2) is 0 Å². The number of primary amides is 1. The van der Waals surface area contributed by atoms with Crippen molar-refractivity contribution in [2.75, 3.05) is 13.1 Å². The summed E-state index contributed by atoms with van der Waals surface area (Å²) in [5.41, 5.74) is 5.32. The molecule has 0 radical (unpaired) electrons. The van der Waals surface area contributed by atoms with Gasteiger partial charge < -0.3 is 10.6 Å². The van der Waals surface area contributed by atoms with Crippen molar-refractivity contribution in [2.45, 2.75) is 45.4 Å². The van der Waals surface area contributed by atoms with Crippen molar-refractivity contribution in [1.29, 1.82) is 0 Å². The SMILES string of the molecule is CC1CCCN(C(=O)C2CCC(C(N)=O)CC2)C1. The maximum absolute atomic E-state index is 12.4. The minimum atomic E-state index is -0.201. The summed E-state index contributed by atoms with van der Waals surface area (Å²) in [5.74, 6) is 0.863. The highest BCUT2D eigenvalue weighted by molar-refractivity contribution is 5.80. The van der Waals surface area contributed by atoms with Crippen LogP contribution in [-0.2, 0) is 9.59 Å². The molecule has 4 heteroatoms. The number of hydrogen-bond acceptors (Lipinski definition) is 2. The van der Waals surface area contributed by atoms with E-state index in [1.807, 2.05) is 4.90 Å². The first-order chi connectivity index (χ1) is 8.58. The average molecular weight is 252 g/mol. The van der Waals surface area contributed by atoms with E-state index in [9.17, 15) is 9.59 Å². The maximum Gasteiger partial charge on any atom is 0.225 e. The second kappa shape index (κ2) is 5.72. The van der Waals surface area contributed by atoms with Gasteiger partial charge in [0.05, 0.1) is 0 Å². The number of carbonyl (C=O) groups is 2. The molecule has 0 bridgehead atoms. The average Bonchev–Trinajstić information content (AvgIpc) is 2.38. The number of nitrogens with zero attached hydrogens (tertiary/aromatic N) is 1. The molecule has 0 spiro atoms. The van der Waals surface area contributed by atoms with Gasteiger partial charge in [-0.3, -0.25) is 9.59 Å². The van der Waals surface area contributed by atoms with Crippen molar-refractivity contribution in [3.8, 4) is 0 Å². The smallest absolute Gasteiger partial charge is 0.225 e. The summed E-state index contributed by atoms with van der Waals surface area (Å²) < 4.78 is 0. The van der Waals surface area contributed by atoms with Crippen molar-refractivity contribution in [1.82, 2.24) is 4.90 Å². The minimum Gasteiger partial charge on any atom is -0.369 e. The third kappa shape index (κ3) is 3.03. The predicted octanol–water partition coefficient (Wildman–Crippen LogP) is 1.54. The molecule has 2 aliphatic rings. The molecule has 1 aliphatic heterocycles. The molecule has 1 heterocycles. The van der Waals surface area contributed by atoms with Crippen LogP contribution < -0.4 is 5.73 Å². The first-order valence-electron chi connectivity index (χ1n) is 7.16. The molecule has 1 saturated carbocycles. The Bertz CT molecular complexity index is 322. The third-order valence-corrected chi connectivity index (χ3v) is 4.45. The molecule has 2 rings (SSSR count). The van der Waals surface area contributed by atoms with E-state index in [4.69, 9.17) is 5.73 Å². The standard InChI is InChI=1S/C14H24N2O2/c1-10-3-2-8-16(9-10)14(18)12-6-4-11(5-7-12)13(15)17/h10-12H,2-9H2,1H3,(H2,15,17). The van der Waals surface area contributed by atoms with Crippen LogP contribution in [0.5, 0.6) is 0 Å². The zero-order valence-electron chi connectivity index (χ0n) is 11.2. The maximum atomic E-state index is 12.4. The van der Waals surface area contributed by atoms with Crippen LogP contribution in [0.2, 0.25) is 0 Å². The Hall–Kier alpha value is -1.06. The lowest BCUT2D eigenvalue weighted by atomic mass is 9.80. The number of rotatable bonds is 2. The minimum absolute atomic E-state index is 0.00525. The first kappa shape index (κ1) is 13.4. The highest BCUT2D eigenvalue weighted by atomic mass is 16.2. The van der Waals surface area contributed by atoms with Crippen molar-refractivity contribution >= 4 is 11.8 Å². The second-order valence-electron chi connectivity index (χ2n) is 5.98. The molecule has 0 aromatic rings. The molecule has 1 unspecified atom stereocenters. The topological polar surface area (TPSA) is 63.4 Å². The summed E-state index contributed by atoms with van der Waals surface area (Å²) in [7, 11) is 0. The van der Waals surface area contributed by atoms with Crippen molar-refractivity contribution in [3.05, 3.63) is 0 Å². The molecule has 102 valence electrons. The summed E-state index contributed by atoms with van der Waals surface area (Å²) in [6, 6.07) is 0. The van der Waals surface area contributed by atoms with E-state index in [2.05, 4.69) is 6.92 Å². The van der Waals surface area contributed by atoms with Crippen LogP contribution in [0.3, 0.4) is 0 Å². The molecule has 1 atom stereocenters. The lowest BCUT2D eigenvalue weighted by Gasteiger charge is -2.35. The number of piperidine rings is 1. The Kier molecular flexibility index (Phi) is 4.25. The van der Waals surface area contributed by atoms with Gasteiger partial charge in [-0.05, 0) is 44.4 Å². The summed E-state index contributed by atoms with van der Waals surface area (Å²) in [4.78, 5) is 25.5. The van der Waals surface area contributed by atoms with E-state index in [0.717, 1.165) is 45.2 Å². The Balaban J connectivity index is 1.85. The number of hydrogen-bond donors (Lipinski definition) is 1. The van der Waals surface area contributed by atoms with Gasteiger partial charge in [-0.2, -0.15) is 0 Å². The molecule has 1 aliphatic carbocycles. The summed E-state index contributed by atoms with van der Waals surface area (Å²) in [6.45, 7) is 4.04. The van der Waals surface area contributed by atoms with Gasteiger partial charge in [-0.1, -0.05) is 6.92 Å². The van der Waals surface area contributed by atoms with Gasteiger partial charge in [0.2, 0.25) is 11.8 Å². The van der Waals surface area contributed by atoms with E-state index in [0.29, 0.717) is 11.8 Å². The zero-order chi connectivity index (χ0) is 13.1. The van der Waals surface area contributed by atoms with Crippen molar-refractivity contribution in [3.63, 3.8) is 0 Å². The second-order valence-corrected chi connectivity index (χ2v) is 5.98. The number of carbonyl (C=O) groups excluding carboxylic acids is 2. The lowest BCUT2D eigenvalue weighted by Crippen LogP contribution is -2.43. The number of nitrogens with two attached hydrogens (primary N) is 1. The molecule has 1 saturated heterocycles. The fraction of sp³-hybridized carbons (Fsp3) is 0.857. The Labute approximate surface area is 109 Å². The Morgan fingerprint density at radius 3 is 2.22 bits per heavy atom. The van der Waals surface area contributed by atoms with Crippen LogP contribution in [0.4, 0.5) is 0 Å². The summed E-state index contributed by atoms with van der Waals surface area (Å²) in [5, 5.41) is 0. The van der Waals surface area contributed by atoms with Crippen LogP contribution in [0.1, 0.15) is 45.4 Å². The lowest BCUT2D eigenvalue weighted by molar-refractivity contribution is -0.139. The molecular formula is C14H24N2O2. The van der Waals surface area contributed by atoms with E-state index >= 15 is 0 Å². The molecule has 2 amide bonds. The third-order valence-electron chi connectivity index (χ3n) is 4.45. The van der Waals surface area contributed by atoms with Crippen LogP contribution in [0.25, 0.3) is 0 Å². The highest BCUT2D eigenvalue weighted by Gasteiger charge is 2.32. The van der Waals surface area contributed by atoms with E-state index < -0.39 is 0 Å². The molecule has 2 fully saturated rings. The van der Waals surface area contributed by atoms with E-state index in [1.54, 1.807) is 0 Å². The first-order valence-corrected chi connectivity index (χ1v) is 7.16. The summed E-state index contributed by atoms with van der Waals surface area (Å²) >= 11 is 0. The largest absolute Gasteiger partial charge is 0.369 e. The number of amides is 2. The molecule has 2 N–H and O–H groups in total. The molecule has 18 heavy (non-hydrogen) atoms. The fourth-order valence-corrected chi connectivity index (χ4v) is 3.27. The van der Waals surface area contributed by atoms with Crippen LogP contribution >= 0.6 is 0 Å². The highest BCUT2D eigenvalue weighted by Crippen LogP contribution is 2.30. The van der Waals surface area contributed by atoms with Gasteiger partial charge in [0.1, 0.15) is 0 Å². The Morgan fingerprint density at radius 1 is 1.06 bits per heavy atom. The zero-order valence-corrected chi connectivity index (χ0v) is 11.2. The van der Waals surface area contributed by atoms with Gasteiger partial charge in [0.25, 0.3) is 0 Å². The monoisotopic (exact) mass is 252 g/mol. The number of likely N-dealkylation sites (tertiary alicyclic amines) is 1. The fourth-order valence-electron chi connectivity index (χ4n) is 3.27. The van der Waals surface area contributed by atoms with Gasteiger partial charge in [-0.15, -0.1) is 0 Å². The molecular weight excluding hydrogens is 228 g/mol. The molecule has 0 aromatic heterocycles. The molecule has 0 aromatic carbocycles. The Morgan fingerprint density at radius 2 is 1.67 bits per heavy atom. The van der Waals surface area contributed by atoms with E-state index in [-0.39, 0.29) is 17.7 Å². The normalized spacial score (nSPS) is 33.2. The van der Waals surface area contributed by atoms with Crippen molar-refractivity contribution < 1.29 is 9.59 Å². The van der Waals surface area contributed by atoms with Gasteiger partial charge >= 0.3 is 0 Å². The quantitative estimate of drug-likeness (QED) is 0.810. The van der Waals surface area contributed by atoms with Gasteiger partial charge in [0.15, 0.2) is 0 Å². The van der Waals surface area contributed by atoms with Crippen LogP contribution in [0.15, 0.2) is 0 Å².